The van der Waals surface area contributed by atoms with Gasteiger partial charge in [0.25, 0.3) is 0 Å². The van der Waals surface area contributed by atoms with Gasteiger partial charge in [0, 0.05) is 12.5 Å². The van der Waals surface area contributed by atoms with E-state index in [2.05, 4.69) is 24.6 Å². The number of allylic oxidation sites excluding steroid dienone is 2. The summed E-state index contributed by atoms with van der Waals surface area (Å²) in [5.74, 6) is 0.586. The Kier molecular flexibility index (Phi) is 6.30. The monoisotopic (exact) mass is 405 g/mol. The molecule has 2 bridgehead atoms. The number of carboxylic acid groups (broad SMARTS) is 1. The predicted molar refractivity (Wildman–Crippen MR) is 109 cm³/mol. The van der Waals surface area contributed by atoms with Crippen molar-refractivity contribution < 1.29 is 18.3 Å². The van der Waals surface area contributed by atoms with Gasteiger partial charge in [-0.25, -0.2) is 13.1 Å². The van der Waals surface area contributed by atoms with Gasteiger partial charge in [-0.15, -0.1) is 0 Å². The van der Waals surface area contributed by atoms with Crippen LogP contribution in [0.3, 0.4) is 0 Å². The summed E-state index contributed by atoms with van der Waals surface area (Å²) in [5, 5.41) is 8.72. The van der Waals surface area contributed by atoms with Gasteiger partial charge < -0.3 is 5.11 Å². The Morgan fingerprint density at radius 3 is 2.57 bits per heavy atom. The second kappa shape index (κ2) is 8.37. The first-order chi connectivity index (χ1) is 13.2. The fourth-order valence-electron chi connectivity index (χ4n) is 5.02. The number of hydrogen-bond donors (Lipinski definition) is 2. The van der Waals surface area contributed by atoms with E-state index in [1.165, 1.54) is 6.42 Å². The fraction of sp³-hybridized carbons (Fsp3) is 0.591. The quantitative estimate of drug-likeness (QED) is 0.476. The summed E-state index contributed by atoms with van der Waals surface area (Å²) in [6.45, 7) is 4.61. The molecule has 0 aliphatic heterocycles. The number of benzene rings is 1. The van der Waals surface area contributed by atoms with E-state index in [1.54, 1.807) is 24.3 Å². The summed E-state index contributed by atoms with van der Waals surface area (Å²) in [6.07, 6.45) is 8.61. The van der Waals surface area contributed by atoms with Gasteiger partial charge in [0.05, 0.1) is 4.90 Å². The van der Waals surface area contributed by atoms with Crippen molar-refractivity contribution in [3.8, 4) is 0 Å². The Morgan fingerprint density at radius 1 is 1.21 bits per heavy atom. The Morgan fingerprint density at radius 2 is 1.93 bits per heavy atom. The smallest absolute Gasteiger partial charge is 0.303 e. The largest absolute Gasteiger partial charge is 0.481 e. The maximum absolute atomic E-state index is 12.8. The molecular formula is C22H31NO4S. The molecule has 0 aromatic heterocycles. The number of carbonyl (C=O) groups is 1. The highest BCUT2D eigenvalue weighted by atomic mass is 32.2. The molecule has 2 N–H and O–H groups in total. The van der Waals surface area contributed by atoms with Gasteiger partial charge >= 0.3 is 5.97 Å². The maximum Gasteiger partial charge on any atom is 0.303 e. The molecule has 0 unspecified atom stereocenters. The van der Waals surface area contributed by atoms with Crippen molar-refractivity contribution in [3.63, 3.8) is 0 Å². The molecule has 154 valence electrons. The van der Waals surface area contributed by atoms with Crippen LogP contribution in [0.25, 0.3) is 0 Å². The average Bonchev–Trinajstić information content (AvgIpc) is 2.65. The van der Waals surface area contributed by atoms with Crippen LogP contribution < -0.4 is 4.72 Å². The summed E-state index contributed by atoms with van der Waals surface area (Å²) >= 11 is 0. The molecular weight excluding hydrogens is 374 g/mol. The minimum absolute atomic E-state index is 0.0503. The first kappa shape index (κ1) is 21.1. The fourth-order valence-corrected chi connectivity index (χ4v) is 6.34. The van der Waals surface area contributed by atoms with E-state index in [0.29, 0.717) is 23.2 Å². The molecule has 0 amide bonds. The van der Waals surface area contributed by atoms with Crippen molar-refractivity contribution in [2.45, 2.75) is 63.3 Å². The molecule has 0 spiro atoms. The number of fused-ring (bicyclic) bond motifs is 2. The number of nitrogens with one attached hydrogen (secondary N) is 1. The van der Waals surface area contributed by atoms with Crippen LogP contribution in [0.4, 0.5) is 0 Å². The zero-order valence-electron chi connectivity index (χ0n) is 16.7. The summed E-state index contributed by atoms with van der Waals surface area (Å²) in [7, 11) is -3.52. The van der Waals surface area contributed by atoms with Gasteiger partial charge in [-0.3, -0.25) is 4.79 Å². The van der Waals surface area contributed by atoms with Crippen LogP contribution in [0.2, 0.25) is 0 Å². The molecule has 0 heterocycles. The van der Waals surface area contributed by atoms with Crippen molar-refractivity contribution in [2.75, 3.05) is 0 Å². The van der Waals surface area contributed by atoms with Gasteiger partial charge in [0.2, 0.25) is 10.0 Å². The Balaban J connectivity index is 1.67. The van der Waals surface area contributed by atoms with E-state index in [9.17, 15) is 13.2 Å². The standard InChI is InChI=1S/C22H31NO4S/c1-22(2)16-14-19(22)18(12-8-3-4-9-13-21(24)25)20(15-16)23-28(26,27)17-10-6-5-7-11-17/h3,5-8,10-11,16,18-20,23H,4,9,12-15H2,1-2H3,(H,24,25)/t16-,18-,19+,20-/m1/s1. The number of aliphatic carboxylic acids is 1. The van der Waals surface area contributed by atoms with Gasteiger partial charge in [-0.2, -0.15) is 0 Å². The van der Waals surface area contributed by atoms with Crippen molar-refractivity contribution in [3.05, 3.63) is 42.5 Å². The molecule has 6 heteroatoms. The molecule has 4 rings (SSSR count). The number of carboxylic acids is 1. The van der Waals surface area contributed by atoms with Gasteiger partial charge in [-0.05, 0) is 67.4 Å². The molecule has 3 fully saturated rings. The zero-order valence-corrected chi connectivity index (χ0v) is 17.5. The number of unbranched alkanes of at least 4 members (excludes halogenated alkanes) is 1. The summed E-state index contributed by atoms with van der Waals surface area (Å²) in [4.78, 5) is 10.9. The maximum atomic E-state index is 12.8. The lowest BCUT2D eigenvalue weighted by Gasteiger charge is -2.62. The SMILES string of the molecule is CC1(C)[C@H]2C[C@@H](NS(=O)(=O)c3ccccc3)[C@H](CC=CCCCC(=O)O)[C@@H]1C2. The Hall–Kier alpha value is -1.66. The molecule has 0 saturated heterocycles. The predicted octanol–water partition coefficient (Wildman–Crippen LogP) is 4.22. The first-order valence-electron chi connectivity index (χ1n) is 10.2. The van der Waals surface area contributed by atoms with Crippen LogP contribution in [0, 0.1) is 23.2 Å². The molecule has 0 radical (unpaired) electrons. The molecule has 1 aromatic rings. The molecule has 1 aromatic carbocycles. The summed E-state index contributed by atoms with van der Waals surface area (Å²) < 4.78 is 28.6. The van der Waals surface area contributed by atoms with Crippen molar-refractivity contribution in [1.29, 1.82) is 0 Å². The van der Waals surface area contributed by atoms with Crippen LogP contribution >= 0.6 is 0 Å². The average molecular weight is 406 g/mol. The van der Waals surface area contributed by atoms with E-state index >= 15 is 0 Å². The van der Waals surface area contributed by atoms with Crippen molar-refractivity contribution in [1.82, 2.24) is 4.72 Å². The lowest BCUT2D eigenvalue weighted by atomic mass is 9.44. The van der Waals surface area contributed by atoms with E-state index in [1.807, 2.05) is 12.1 Å². The highest BCUT2D eigenvalue weighted by molar-refractivity contribution is 7.89. The molecule has 3 aliphatic rings. The first-order valence-corrected chi connectivity index (χ1v) is 11.6. The third-order valence-corrected chi connectivity index (χ3v) is 8.32. The lowest BCUT2D eigenvalue weighted by Crippen LogP contribution is -2.61. The second-order valence-electron chi connectivity index (χ2n) is 8.79. The van der Waals surface area contributed by atoms with Crippen LogP contribution in [0.5, 0.6) is 0 Å². The Labute approximate surface area is 168 Å². The minimum Gasteiger partial charge on any atom is -0.481 e. The van der Waals surface area contributed by atoms with Crippen LogP contribution in [-0.4, -0.2) is 25.5 Å². The zero-order chi connectivity index (χ0) is 20.4. The van der Waals surface area contributed by atoms with E-state index in [0.717, 1.165) is 19.3 Å². The van der Waals surface area contributed by atoms with Gasteiger partial charge in [-0.1, -0.05) is 44.2 Å². The Bertz CT molecular complexity index is 816. The highest BCUT2D eigenvalue weighted by Crippen LogP contribution is 2.62. The lowest BCUT2D eigenvalue weighted by molar-refractivity contribution is -0.137. The minimum atomic E-state index is -3.52. The van der Waals surface area contributed by atoms with Crippen molar-refractivity contribution >= 4 is 16.0 Å². The normalized spacial score (nSPS) is 28.8. The van der Waals surface area contributed by atoms with Crippen LogP contribution in [0.1, 0.15) is 52.4 Å². The van der Waals surface area contributed by atoms with E-state index in [4.69, 9.17) is 5.11 Å². The highest BCUT2D eigenvalue weighted by Gasteiger charge is 2.57. The van der Waals surface area contributed by atoms with Crippen LogP contribution in [-0.2, 0) is 14.8 Å². The third-order valence-electron chi connectivity index (χ3n) is 6.81. The molecule has 4 atom stereocenters. The second-order valence-corrected chi connectivity index (χ2v) is 10.5. The molecule has 3 saturated carbocycles. The summed E-state index contributed by atoms with van der Waals surface area (Å²) in [6, 6.07) is 8.52. The van der Waals surface area contributed by atoms with Crippen LogP contribution in [0.15, 0.2) is 47.4 Å². The number of rotatable bonds is 9. The van der Waals surface area contributed by atoms with E-state index in [-0.39, 0.29) is 23.8 Å². The number of sulfonamides is 1. The van der Waals surface area contributed by atoms with Crippen molar-refractivity contribution in [2.24, 2.45) is 23.2 Å². The van der Waals surface area contributed by atoms with E-state index < -0.39 is 16.0 Å². The van der Waals surface area contributed by atoms with Gasteiger partial charge in [0.1, 0.15) is 0 Å². The molecule has 5 nitrogen and oxygen atoms in total. The topological polar surface area (TPSA) is 83.5 Å². The molecule has 3 aliphatic carbocycles. The van der Waals surface area contributed by atoms with Gasteiger partial charge in [0.15, 0.2) is 0 Å². The number of hydrogen-bond acceptors (Lipinski definition) is 3. The third kappa shape index (κ3) is 4.49. The molecule has 28 heavy (non-hydrogen) atoms. The summed E-state index contributed by atoms with van der Waals surface area (Å²) in [5.41, 5.74) is 0.260.